The molecular formula is C12H12Cl2O4S. The van der Waals surface area contributed by atoms with E-state index in [1.165, 1.54) is 13.0 Å². The summed E-state index contributed by atoms with van der Waals surface area (Å²) < 4.78 is 5.35. The predicted octanol–water partition coefficient (Wildman–Crippen LogP) is 3.35. The van der Waals surface area contributed by atoms with Gasteiger partial charge in [0.25, 0.3) is 0 Å². The fraction of sp³-hybridized carbons (Fsp3) is 0.333. The van der Waals surface area contributed by atoms with Crippen LogP contribution in [-0.4, -0.2) is 28.6 Å². The largest absolute Gasteiger partial charge is 0.493 e. The van der Waals surface area contributed by atoms with Crippen LogP contribution in [0.2, 0.25) is 10.0 Å². The summed E-state index contributed by atoms with van der Waals surface area (Å²) in [6.45, 7) is 1.36. The molecule has 104 valence electrons. The minimum absolute atomic E-state index is 0.0342. The first-order valence-electron chi connectivity index (χ1n) is 5.34. The van der Waals surface area contributed by atoms with Gasteiger partial charge in [0.05, 0.1) is 10.0 Å². The molecular weight excluding hydrogens is 311 g/mol. The highest BCUT2D eigenvalue weighted by atomic mass is 35.5. The molecule has 0 saturated carbocycles. The van der Waals surface area contributed by atoms with Gasteiger partial charge >= 0.3 is 5.97 Å². The van der Waals surface area contributed by atoms with Crippen molar-refractivity contribution in [3.8, 4) is 5.75 Å². The molecule has 0 fully saturated rings. The van der Waals surface area contributed by atoms with E-state index in [0.717, 1.165) is 11.8 Å². The van der Waals surface area contributed by atoms with Crippen LogP contribution in [0.3, 0.4) is 0 Å². The second kappa shape index (κ2) is 7.62. The summed E-state index contributed by atoms with van der Waals surface area (Å²) in [4.78, 5) is 21.8. The smallest absolute Gasteiger partial charge is 0.310 e. The molecule has 0 heterocycles. The topological polar surface area (TPSA) is 63.6 Å². The van der Waals surface area contributed by atoms with Crippen LogP contribution in [0.5, 0.6) is 5.75 Å². The van der Waals surface area contributed by atoms with Gasteiger partial charge in [-0.1, -0.05) is 35.0 Å². The minimum atomic E-state index is -1.01. The van der Waals surface area contributed by atoms with Crippen LogP contribution in [-0.2, 0) is 9.59 Å². The van der Waals surface area contributed by atoms with Gasteiger partial charge < -0.3 is 9.84 Å². The van der Waals surface area contributed by atoms with Crippen molar-refractivity contribution in [3.63, 3.8) is 0 Å². The third-order valence-corrected chi connectivity index (χ3v) is 3.89. The number of thioether (sulfide) groups is 1. The lowest BCUT2D eigenvalue weighted by molar-refractivity contribution is -0.141. The van der Waals surface area contributed by atoms with Gasteiger partial charge in [0.15, 0.2) is 5.12 Å². The summed E-state index contributed by atoms with van der Waals surface area (Å²) in [7, 11) is 0. The average molecular weight is 323 g/mol. The van der Waals surface area contributed by atoms with Crippen molar-refractivity contribution in [2.75, 3.05) is 12.4 Å². The number of rotatable bonds is 6. The van der Waals surface area contributed by atoms with Crippen molar-refractivity contribution < 1.29 is 19.4 Å². The van der Waals surface area contributed by atoms with Crippen molar-refractivity contribution in [2.24, 2.45) is 5.92 Å². The second-order valence-corrected chi connectivity index (χ2v) is 5.74. The van der Waals surface area contributed by atoms with Crippen LogP contribution in [0.4, 0.5) is 0 Å². The monoisotopic (exact) mass is 322 g/mol. The molecule has 4 nitrogen and oxygen atoms in total. The first-order valence-corrected chi connectivity index (χ1v) is 7.08. The van der Waals surface area contributed by atoms with E-state index in [-0.39, 0.29) is 17.5 Å². The highest BCUT2D eigenvalue weighted by molar-refractivity contribution is 8.13. The maximum atomic E-state index is 11.0. The number of ether oxygens (including phenoxy) is 1. The summed E-state index contributed by atoms with van der Waals surface area (Å²) in [6, 6.07) is 4.69. The van der Waals surface area contributed by atoms with E-state index in [0.29, 0.717) is 15.8 Å². The normalized spacial score (nSPS) is 11.9. The molecule has 0 aliphatic rings. The molecule has 0 spiro atoms. The Bertz CT molecular complexity index is 479. The van der Waals surface area contributed by atoms with Crippen LogP contribution < -0.4 is 4.74 Å². The van der Waals surface area contributed by atoms with Crippen LogP contribution in [0.1, 0.15) is 6.92 Å². The molecule has 0 aliphatic heterocycles. The molecule has 1 unspecified atom stereocenters. The molecule has 19 heavy (non-hydrogen) atoms. The molecule has 1 atom stereocenters. The van der Waals surface area contributed by atoms with Gasteiger partial charge in [0, 0.05) is 18.7 Å². The molecule has 7 heteroatoms. The number of carboxylic acids is 1. The molecule has 1 aromatic rings. The first-order chi connectivity index (χ1) is 8.90. The zero-order chi connectivity index (χ0) is 14.4. The summed E-state index contributed by atoms with van der Waals surface area (Å²) in [5, 5.41) is 9.62. The molecule has 1 N–H and O–H groups in total. The van der Waals surface area contributed by atoms with E-state index in [9.17, 15) is 9.59 Å². The number of carboxylic acid groups (broad SMARTS) is 1. The van der Waals surface area contributed by atoms with Gasteiger partial charge in [0.1, 0.15) is 18.3 Å². The number of carbonyl (C=O) groups is 2. The summed E-state index contributed by atoms with van der Waals surface area (Å²) in [5.41, 5.74) is 0. The lowest BCUT2D eigenvalue weighted by atomic mass is 10.2. The molecule has 0 aromatic heterocycles. The van der Waals surface area contributed by atoms with E-state index in [1.807, 2.05) is 0 Å². The van der Waals surface area contributed by atoms with Crippen LogP contribution in [0.25, 0.3) is 0 Å². The Morgan fingerprint density at radius 1 is 1.37 bits per heavy atom. The van der Waals surface area contributed by atoms with Crippen molar-refractivity contribution in [1.82, 2.24) is 0 Å². The molecule has 0 aliphatic carbocycles. The fourth-order valence-electron chi connectivity index (χ4n) is 1.17. The third kappa shape index (κ3) is 5.72. The highest BCUT2D eigenvalue weighted by Crippen LogP contribution is 2.26. The van der Waals surface area contributed by atoms with E-state index >= 15 is 0 Å². The average Bonchev–Trinajstić information content (AvgIpc) is 2.32. The lowest BCUT2D eigenvalue weighted by Gasteiger charge is -2.13. The second-order valence-electron chi connectivity index (χ2n) is 3.72. The van der Waals surface area contributed by atoms with Crippen molar-refractivity contribution in [1.29, 1.82) is 0 Å². The zero-order valence-electron chi connectivity index (χ0n) is 10.1. The van der Waals surface area contributed by atoms with Crippen molar-refractivity contribution in [2.45, 2.75) is 6.92 Å². The van der Waals surface area contributed by atoms with Crippen molar-refractivity contribution in [3.05, 3.63) is 28.2 Å². The number of hydrogen-bond donors (Lipinski definition) is 1. The predicted molar refractivity (Wildman–Crippen MR) is 76.2 cm³/mol. The van der Waals surface area contributed by atoms with Gasteiger partial charge in [-0.25, -0.2) is 0 Å². The van der Waals surface area contributed by atoms with Gasteiger partial charge in [-0.3, -0.25) is 9.59 Å². The number of benzene rings is 1. The third-order valence-electron chi connectivity index (χ3n) is 2.18. The lowest BCUT2D eigenvalue weighted by Crippen LogP contribution is -2.24. The van der Waals surface area contributed by atoms with Gasteiger partial charge in [-0.15, -0.1) is 0 Å². The summed E-state index contributed by atoms with van der Waals surface area (Å²) >= 11 is 12.5. The number of hydrogen-bond acceptors (Lipinski definition) is 4. The Labute approximate surface area is 125 Å². The zero-order valence-corrected chi connectivity index (χ0v) is 12.4. The maximum Gasteiger partial charge on any atom is 0.310 e. The van der Waals surface area contributed by atoms with E-state index in [1.54, 1.807) is 12.1 Å². The fourth-order valence-corrected chi connectivity index (χ4v) is 2.13. The van der Waals surface area contributed by atoms with Crippen LogP contribution in [0, 0.1) is 5.92 Å². The van der Waals surface area contributed by atoms with Crippen molar-refractivity contribution >= 4 is 46.0 Å². The van der Waals surface area contributed by atoms with Gasteiger partial charge in [-0.05, 0) is 12.1 Å². The molecule has 0 bridgehead atoms. The Hall–Kier alpha value is -0.910. The number of aliphatic carboxylic acids is 1. The van der Waals surface area contributed by atoms with E-state index < -0.39 is 11.9 Å². The van der Waals surface area contributed by atoms with Gasteiger partial charge in [0.2, 0.25) is 0 Å². The molecule has 0 saturated heterocycles. The van der Waals surface area contributed by atoms with E-state index in [2.05, 4.69) is 0 Å². The van der Waals surface area contributed by atoms with Gasteiger partial charge in [-0.2, -0.15) is 0 Å². The highest BCUT2D eigenvalue weighted by Gasteiger charge is 2.19. The minimum Gasteiger partial charge on any atom is -0.493 e. The molecule has 0 radical (unpaired) electrons. The van der Waals surface area contributed by atoms with Crippen LogP contribution >= 0.6 is 35.0 Å². The summed E-state index contributed by atoms with van der Waals surface area (Å²) in [6.07, 6.45) is 0. The standard InChI is InChI=1S/C12H12Cl2O4S/c1-7(15)19-6-8(12(16)17)5-18-9-2-3-10(13)11(14)4-9/h2-4,8H,5-6H2,1H3,(H,16,17). The first kappa shape index (κ1) is 16.1. The quantitative estimate of drug-likeness (QED) is 0.870. The Morgan fingerprint density at radius 2 is 2.05 bits per heavy atom. The molecule has 0 amide bonds. The SMILES string of the molecule is CC(=O)SCC(COc1ccc(Cl)c(Cl)c1)C(=O)O. The Kier molecular flexibility index (Phi) is 6.48. The maximum absolute atomic E-state index is 11.0. The summed E-state index contributed by atoms with van der Waals surface area (Å²) in [5.74, 6) is -1.16. The Morgan fingerprint density at radius 3 is 2.58 bits per heavy atom. The number of carbonyl (C=O) groups excluding carboxylic acids is 1. The molecule has 1 rings (SSSR count). The van der Waals surface area contributed by atoms with E-state index in [4.69, 9.17) is 33.0 Å². The Balaban J connectivity index is 2.57. The van der Waals surface area contributed by atoms with Crippen LogP contribution in [0.15, 0.2) is 18.2 Å². The molecule has 1 aromatic carbocycles. The number of halogens is 2.